The number of hydrogen-bond donors (Lipinski definition) is 2. The Bertz CT molecular complexity index is 148. The SMILES string of the molecule is NC(C(=O)O)C(=O)CCBr. The molecule has 0 aliphatic carbocycles. The van der Waals surface area contributed by atoms with Crippen molar-refractivity contribution in [2.75, 3.05) is 5.33 Å². The highest BCUT2D eigenvalue weighted by atomic mass is 79.9. The monoisotopic (exact) mass is 209 g/mol. The molecular formula is C5H8BrNO3. The van der Waals surface area contributed by atoms with Crippen LogP contribution in [0, 0.1) is 0 Å². The van der Waals surface area contributed by atoms with E-state index < -0.39 is 17.8 Å². The van der Waals surface area contributed by atoms with Gasteiger partial charge in [0.25, 0.3) is 0 Å². The van der Waals surface area contributed by atoms with E-state index in [-0.39, 0.29) is 6.42 Å². The zero-order chi connectivity index (χ0) is 8.15. The van der Waals surface area contributed by atoms with Crippen molar-refractivity contribution in [2.24, 2.45) is 5.73 Å². The molecule has 5 heteroatoms. The number of rotatable bonds is 4. The molecule has 58 valence electrons. The van der Waals surface area contributed by atoms with Crippen LogP contribution in [0.25, 0.3) is 0 Å². The van der Waals surface area contributed by atoms with Gasteiger partial charge < -0.3 is 10.8 Å². The standard InChI is InChI=1S/C5H8BrNO3/c6-2-1-3(8)4(7)5(9)10/h4H,1-2,7H2,(H,9,10). The van der Waals surface area contributed by atoms with Gasteiger partial charge >= 0.3 is 5.97 Å². The molecular weight excluding hydrogens is 202 g/mol. The summed E-state index contributed by atoms with van der Waals surface area (Å²) in [6.45, 7) is 0. The fourth-order valence-corrected chi connectivity index (χ4v) is 0.777. The zero-order valence-electron chi connectivity index (χ0n) is 5.21. The third-order valence-corrected chi connectivity index (χ3v) is 1.35. The molecule has 0 radical (unpaired) electrons. The number of halogens is 1. The molecule has 0 amide bonds. The molecule has 0 heterocycles. The summed E-state index contributed by atoms with van der Waals surface area (Å²) in [5.41, 5.74) is 4.98. The van der Waals surface area contributed by atoms with Crippen LogP contribution in [0.5, 0.6) is 0 Å². The molecule has 3 N–H and O–H groups in total. The summed E-state index contributed by atoms with van der Waals surface area (Å²) in [6, 6.07) is -1.36. The van der Waals surface area contributed by atoms with Gasteiger partial charge in [0.1, 0.15) is 0 Å². The van der Waals surface area contributed by atoms with E-state index in [1.54, 1.807) is 0 Å². The fraction of sp³-hybridized carbons (Fsp3) is 0.600. The molecule has 10 heavy (non-hydrogen) atoms. The zero-order valence-corrected chi connectivity index (χ0v) is 6.80. The minimum absolute atomic E-state index is 0.160. The molecule has 0 aromatic rings. The number of alkyl halides is 1. The molecule has 4 nitrogen and oxygen atoms in total. The number of nitrogens with two attached hydrogens (primary N) is 1. The summed E-state index contributed by atoms with van der Waals surface area (Å²) in [5.74, 6) is -1.73. The maximum absolute atomic E-state index is 10.6. The maximum Gasteiger partial charge on any atom is 0.328 e. The van der Waals surface area contributed by atoms with Crippen LogP contribution in [0.1, 0.15) is 6.42 Å². The fourth-order valence-electron chi connectivity index (χ4n) is 0.386. The second-order valence-electron chi connectivity index (χ2n) is 1.72. The summed E-state index contributed by atoms with van der Waals surface area (Å²) in [7, 11) is 0. The molecule has 0 aromatic carbocycles. The number of carbonyl (C=O) groups excluding carboxylic acids is 1. The summed E-state index contributed by atoms with van der Waals surface area (Å²) in [6.07, 6.45) is 0.160. The van der Waals surface area contributed by atoms with Gasteiger partial charge in [-0.25, -0.2) is 0 Å². The topological polar surface area (TPSA) is 80.4 Å². The average Bonchev–Trinajstić information content (AvgIpc) is 1.87. The van der Waals surface area contributed by atoms with Gasteiger partial charge in [-0.2, -0.15) is 0 Å². The van der Waals surface area contributed by atoms with Crippen molar-refractivity contribution in [2.45, 2.75) is 12.5 Å². The predicted octanol–water partition coefficient (Wildman–Crippen LogP) is -0.248. The second-order valence-corrected chi connectivity index (χ2v) is 2.51. The van der Waals surface area contributed by atoms with Crippen molar-refractivity contribution in [3.8, 4) is 0 Å². The molecule has 0 aliphatic rings. The van der Waals surface area contributed by atoms with Gasteiger partial charge in [0.2, 0.25) is 0 Å². The largest absolute Gasteiger partial charge is 0.480 e. The highest BCUT2D eigenvalue weighted by Crippen LogP contribution is 1.93. The third-order valence-electron chi connectivity index (χ3n) is 0.954. The summed E-state index contributed by atoms with van der Waals surface area (Å²) in [4.78, 5) is 20.7. The van der Waals surface area contributed by atoms with Gasteiger partial charge in [0.15, 0.2) is 11.8 Å². The highest BCUT2D eigenvalue weighted by molar-refractivity contribution is 9.09. The van der Waals surface area contributed by atoms with Crippen LogP contribution in [-0.2, 0) is 9.59 Å². The summed E-state index contributed by atoms with van der Waals surface area (Å²) in [5, 5.41) is 8.67. The van der Waals surface area contributed by atoms with Gasteiger partial charge in [0, 0.05) is 11.8 Å². The number of carboxylic acid groups (broad SMARTS) is 1. The molecule has 0 spiro atoms. The lowest BCUT2D eigenvalue weighted by Gasteiger charge is -2.01. The second kappa shape index (κ2) is 4.40. The normalized spacial score (nSPS) is 12.6. The summed E-state index contributed by atoms with van der Waals surface area (Å²) < 4.78 is 0. The molecule has 0 fully saturated rings. The minimum Gasteiger partial charge on any atom is -0.480 e. The quantitative estimate of drug-likeness (QED) is 0.495. The first-order chi connectivity index (χ1) is 4.59. The van der Waals surface area contributed by atoms with Crippen molar-refractivity contribution in [3.63, 3.8) is 0 Å². The molecule has 0 aliphatic heterocycles. The van der Waals surface area contributed by atoms with Crippen LogP contribution in [-0.4, -0.2) is 28.2 Å². The molecule has 0 rings (SSSR count). The van der Waals surface area contributed by atoms with Gasteiger partial charge in [-0.3, -0.25) is 9.59 Å². The van der Waals surface area contributed by atoms with E-state index in [9.17, 15) is 9.59 Å². The smallest absolute Gasteiger partial charge is 0.328 e. The van der Waals surface area contributed by atoms with Crippen molar-refractivity contribution in [1.29, 1.82) is 0 Å². The Hall–Kier alpha value is -0.420. The first kappa shape index (κ1) is 9.58. The van der Waals surface area contributed by atoms with Gasteiger partial charge in [-0.15, -0.1) is 0 Å². The Labute approximate surface area is 66.5 Å². The number of Topliss-reactive ketones (excluding diaryl/α,β-unsaturated/α-hetero) is 1. The Kier molecular flexibility index (Phi) is 4.22. The van der Waals surface area contributed by atoms with Crippen LogP contribution in [0.3, 0.4) is 0 Å². The van der Waals surface area contributed by atoms with Crippen LogP contribution >= 0.6 is 15.9 Å². The van der Waals surface area contributed by atoms with E-state index in [0.717, 1.165) is 0 Å². The molecule has 1 atom stereocenters. The molecule has 0 bridgehead atoms. The Morgan fingerprint density at radius 3 is 2.40 bits per heavy atom. The van der Waals surface area contributed by atoms with E-state index in [1.807, 2.05) is 0 Å². The highest BCUT2D eigenvalue weighted by Gasteiger charge is 2.19. The summed E-state index contributed by atoms with van der Waals surface area (Å²) >= 11 is 3.00. The average molecular weight is 210 g/mol. The number of carbonyl (C=O) groups is 2. The lowest BCUT2D eigenvalue weighted by atomic mass is 10.1. The van der Waals surface area contributed by atoms with Gasteiger partial charge in [0.05, 0.1) is 0 Å². The Morgan fingerprint density at radius 2 is 2.10 bits per heavy atom. The minimum atomic E-state index is -1.36. The van der Waals surface area contributed by atoms with E-state index in [0.29, 0.717) is 5.33 Å². The van der Waals surface area contributed by atoms with Crippen LogP contribution < -0.4 is 5.73 Å². The Morgan fingerprint density at radius 1 is 1.60 bits per heavy atom. The van der Waals surface area contributed by atoms with Gasteiger partial charge in [-0.05, 0) is 0 Å². The maximum atomic E-state index is 10.6. The first-order valence-corrected chi connectivity index (χ1v) is 3.78. The van der Waals surface area contributed by atoms with Crippen molar-refractivity contribution < 1.29 is 14.7 Å². The van der Waals surface area contributed by atoms with Crippen molar-refractivity contribution >= 4 is 27.7 Å². The third kappa shape index (κ3) is 2.93. The Balaban J connectivity index is 3.82. The van der Waals surface area contributed by atoms with Crippen LogP contribution in [0.15, 0.2) is 0 Å². The number of aliphatic carboxylic acids is 1. The lowest BCUT2D eigenvalue weighted by molar-refractivity contribution is -0.142. The molecule has 0 aromatic heterocycles. The van der Waals surface area contributed by atoms with E-state index in [1.165, 1.54) is 0 Å². The van der Waals surface area contributed by atoms with Gasteiger partial charge in [-0.1, -0.05) is 15.9 Å². The number of carboxylic acids is 1. The van der Waals surface area contributed by atoms with Crippen molar-refractivity contribution in [1.82, 2.24) is 0 Å². The molecule has 1 unspecified atom stereocenters. The van der Waals surface area contributed by atoms with Crippen molar-refractivity contribution in [3.05, 3.63) is 0 Å². The van der Waals surface area contributed by atoms with E-state index >= 15 is 0 Å². The first-order valence-electron chi connectivity index (χ1n) is 2.66. The predicted molar refractivity (Wildman–Crippen MR) is 39.0 cm³/mol. The number of hydrogen-bond acceptors (Lipinski definition) is 3. The van der Waals surface area contributed by atoms with E-state index in [4.69, 9.17) is 10.8 Å². The lowest BCUT2D eigenvalue weighted by Crippen LogP contribution is -2.38. The van der Waals surface area contributed by atoms with Crippen LogP contribution in [0.2, 0.25) is 0 Å². The van der Waals surface area contributed by atoms with E-state index in [2.05, 4.69) is 15.9 Å². The molecule has 0 saturated carbocycles. The number of ketones is 1. The molecule has 0 saturated heterocycles. The van der Waals surface area contributed by atoms with Crippen LogP contribution in [0.4, 0.5) is 0 Å².